The molecule has 2 atom stereocenters. The second-order valence-corrected chi connectivity index (χ2v) is 7.40. The highest BCUT2D eigenvalue weighted by molar-refractivity contribution is 7.14. The van der Waals surface area contributed by atoms with E-state index in [-0.39, 0.29) is 18.1 Å². The van der Waals surface area contributed by atoms with Crippen molar-refractivity contribution in [2.75, 3.05) is 31.6 Å². The van der Waals surface area contributed by atoms with Crippen molar-refractivity contribution in [1.82, 2.24) is 10.2 Å². The number of nitrogens with one attached hydrogen (secondary N) is 2. The number of morpholine rings is 1. The maximum atomic E-state index is 12.2. The van der Waals surface area contributed by atoms with Gasteiger partial charge in [0.2, 0.25) is 0 Å². The molecule has 5 nitrogen and oxygen atoms in total. The number of hydrogen-bond donors (Lipinski definition) is 2. The van der Waals surface area contributed by atoms with Gasteiger partial charge in [0, 0.05) is 24.0 Å². The summed E-state index contributed by atoms with van der Waals surface area (Å²) in [6.07, 6.45) is 0. The molecule has 2 N–H and O–H groups in total. The van der Waals surface area contributed by atoms with Gasteiger partial charge in [0.15, 0.2) is 0 Å². The van der Waals surface area contributed by atoms with Crippen molar-refractivity contribution in [2.24, 2.45) is 0 Å². The number of hydrogen-bond acceptors (Lipinski definition) is 5. The van der Waals surface area contributed by atoms with Gasteiger partial charge in [-0.1, -0.05) is 6.07 Å². The lowest BCUT2D eigenvalue weighted by Crippen LogP contribution is -2.49. The van der Waals surface area contributed by atoms with E-state index < -0.39 is 0 Å². The topological polar surface area (TPSA) is 53.6 Å². The Morgan fingerprint density at radius 2 is 1.96 bits per heavy atom. The van der Waals surface area contributed by atoms with Crippen LogP contribution in [0.25, 0.3) is 0 Å². The van der Waals surface area contributed by atoms with E-state index in [4.69, 9.17) is 4.74 Å². The summed E-state index contributed by atoms with van der Waals surface area (Å²) in [5, 5.41) is 10.9. The summed E-state index contributed by atoms with van der Waals surface area (Å²) in [7, 11) is 0. The van der Waals surface area contributed by atoms with Crippen LogP contribution < -0.4 is 10.6 Å². The summed E-state index contributed by atoms with van der Waals surface area (Å²) in [5.41, 5.74) is 0. The quantitative estimate of drug-likeness (QED) is 0.868. The van der Waals surface area contributed by atoms with Crippen LogP contribution in [-0.4, -0.2) is 43.3 Å². The lowest BCUT2D eigenvalue weighted by Gasteiger charge is -2.37. The molecule has 1 saturated heterocycles. The minimum absolute atomic E-state index is 0.00622. The fraction of sp³-hybridized carbons (Fsp3) is 0.438. The first-order chi connectivity index (χ1) is 11.2. The lowest BCUT2D eigenvalue weighted by atomic mass is 10.1. The van der Waals surface area contributed by atoms with Gasteiger partial charge in [-0.05, 0) is 35.9 Å². The van der Waals surface area contributed by atoms with Crippen molar-refractivity contribution < 1.29 is 9.53 Å². The molecule has 2 aromatic heterocycles. The van der Waals surface area contributed by atoms with E-state index in [9.17, 15) is 4.79 Å². The number of nitrogens with zero attached hydrogens (tertiary/aromatic N) is 1. The van der Waals surface area contributed by atoms with E-state index in [1.807, 2.05) is 17.5 Å². The molecule has 0 unspecified atom stereocenters. The van der Waals surface area contributed by atoms with E-state index >= 15 is 0 Å². The number of carbonyl (C=O) groups is 1. The summed E-state index contributed by atoms with van der Waals surface area (Å²) >= 11 is 3.25. The molecule has 0 aromatic carbocycles. The van der Waals surface area contributed by atoms with Crippen LogP contribution in [0.1, 0.15) is 17.8 Å². The normalized spacial score (nSPS) is 18.3. The molecule has 1 aliphatic heterocycles. The van der Waals surface area contributed by atoms with Gasteiger partial charge in [0.05, 0.1) is 24.3 Å². The van der Waals surface area contributed by atoms with Crippen LogP contribution in [0.3, 0.4) is 0 Å². The predicted molar refractivity (Wildman–Crippen MR) is 95.4 cm³/mol. The summed E-state index contributed by atoms with van der Waals surface area (Å²) < 4.78 is 5.46. The molecule has 2 amide bonds. The van der Waals surface area contributed by atoms with Crippen molar-refractivity contribution in [2.45, 2.75) is 19.0 Å². The van der Waals surface area contributed by atoms with Crippen molar-refractivity contribution in [1.29, 1.82) is 0 Å². The molecule has 3 heterocycles. The van der Waals surface area contributed by atoms with E-state index in [0.717, 1.165) is 31.3 Å². The van der Waals surface area contributed by atoms with Crippen LogP contribution in [0.2, 0.25) is 0 Å². The van der Waals surface area contributed by atoms with Crippen molar-refractivity contribution >= 4 is 33.7 Å². The molecular formula is C16H21N3O2S2. The van der Waals surface area contributed by atoms with Crippen LogP contribution in [-0.2, 0) is 4.74 Å². The third-order valence-corrected chi connectivity index (χ3v) is 5.59. The van der Waals surface area contributed by atoms with E-state index in [2.05, 4.69) is 40.0 Å². The third kappa shape index (κ3) is 4.32. The van der Waals surface area contributed by atoms with Crippen molar-refractivity contribution in [3.8, 4) is 0 Å². The zero-order valence-corrected chi connectivity index (χ0v) is 14.7. The summed E-state index contributed by atoms with van der Waals surface area (Å²) in [6.45, 7) is 5.34. The van der Waals surface area contributed by atoms with Crippen LogP contribution >= 0.6 is 22.7 Å². The highest BCUT2D eigenvalue weighted by Crippen LogP contribution is 2.29. The van der Waals surface area contributed by atoms with E-state index in [1.54, 1.807) is 11.3 Å². The smallest absolute Gasteiger partial charge is 0.320 e. The number of thiophene rings is 2. The predicted octanol–water partition coefficient (Wildman–Crippen LogP) is 3.39. The summed E-state index contributed by atoms with van der Waals surface area (Å²) in [5.74, 6) is 0. The molecule has 2 aromatic rings. The molecule has 7 heteroatoms. The Bertz CT molecular complexity index is 595. The molecule has 124 valence electrons. The Kier molecular flexibility index (Phi) is 5.66. The Labute approximate surface area is 144 Å². The van der Waals surface area contributed by atoms with Gasteiger partial charge in [0.1, 0.15) is 0 Å². The second kappa shape index (κ2) is 7.92. The SMILES string of the molecule is C[C@H](NC(=O)Nc1cccs1)[C@@H](c1cccs1)N1CCOCC1. The van der Waals surface area contributed by atoms with Gasteiger partial charge in [-0.3, -0.25) is 10.2 Å². The van der Waals surface area contributed by atoms with Crippen molar-refractivity contribution in [3.05, 3.63) is 39.9 Å². The Morgan fingerprint density at radius 3 is 2.61 bits per heavy atom. The molecular weight excluding hydrogens is 330 g/mol. The first-order valence-electron chi connectivity index (χ1n) is 7.70. The molecule has 1 fully saturated rings. The molecule has 0 bridgehead atoms. The monoisotopic (exact) mass is 351 g/mol. The zero-order valence-electron chi connectivity index (χ0n) is 13.0. The molecule has 3 rings (SSSR count). The molecule has 0 spiro atoms. The first kappa shape index (κ1) is 16.4. The Morgan fingerprint density at radius 1 is 1.22 bits per heavy atom. The molecule has 0 radical (unpaired) electrons. The fourth-order valence-corrected chi connectivity index (χ4v) is 4.42. The van der Waals surface area contributed by atoms with Crippen LogP contribution in [0, 0.1) is 0 Å². The first-order valence-corrected chi connectivity index (χ1v) is 9.46. The van der Waals surface area contributed by atoms with Gasteiger partial charge in [0.25, 0.3) is 0 Å². The van der Waals surface area contributed by atoms with Crippen LogP contribution in [0.4, 0.5) is 9.80 Å². The van der Waals surface area contributed by atoms with Gasteiger partial charge in [-0.2, -0.15) is 0 Å². The average Bonchev–Trinajstić information content (AvgIpc) is 3.22. The average molecular weight is 351 g/mol. The van der Waals surface area contributed by atoms with Crippen LogP contribution in [0.5, 0.6) is 0 Å². The van der Waals surface area contributed by atoms with E-state index in [1.165, 1.54) is 16.2 Å². The molecule has 0 saturated carbocycles. The summed E-state index contributed by atoms with van der Waals surface area (Å²) in [6, 6.07) is 8.04. The summed E-state index contributed by atoms with van der Waals surface area (Å²) in [4.78, 5) is 15.9. The minimum atomic E-state index is -0.158. The zero-order chi connectivity index (χ0) is 16.1. The van der Waals surface area contributed by atoms with Crippen molar-refractivity contribution in [3.63, 3.8) is 0 Å². The van der Waals surface area contributed by atoms with Gasteiger partial charge in [-0.25, -0.2) is 4.79 Å². The highest BCUT2D eigenvalue weighted by Gasteiger charge is 2.29. The number of amides is 2. The maximum Gasteiger partial charge on any atom is 0.320 e. The molecule has 23 heavy (non-hydrogen) atoms. The highest BCUT2D eigenvalue weighted by atomic mass is 32.1. The number of urea groups is 1. The number of anilines is 1. The second-order valence-electron chi connectivity index (χ2n) is 5.47. The van der Waals surface area contributed by atoms with Gasteiger partial charge >= 0.3 is 6.03 Å². The largest absolute Gasteiger partial charge is 0.379 e. The number of rotatable bonds is 5. The van der Waals surface area contributed by atoms with Gasteiger partial charge < -0.3 is 10.1 Å². The Balaban J connectivity index is 1.67. The van der Waals surface area contributed by atoms with E-state index in [0.29, 0.717) is 0 Å². The fourth-order valence-electron chi connectivity index (χ4n) is 2.84. The van der Waals surface area contributed by atoms with Crippen LogP contribution in [0.15, 0.2) is 35.0 Å². The van der Waals surface area contributed by atoms with Gasteiger partial charge in [-0.15, -0.1) is 22.7 Å². The standard InChI is InChI=1S/C16H21N3O2S2/c1-12(17-16(20)18-14-5-3-11-23-14)15(13-4-2-10-22-13)19-6-8-21-9-7-19/h2-5,10-12,15H,6-9H2,1H3,(H2,17,18,20)/t12-,15-/m0/s1. The lowest BCUT2D eigenvalue weighted by molar-refractivity contribution is 0.0106. The minimum Gasteiger partial charge on any atom is -0.379 e. The molecule has 1 aliphatic rings. The third-order valence-electron chi connectivity index (χ3n) is 3.86. The number of carbonyl (C=O) groups excluding carboxylic acids is 1. The Hall–Kier alpha value is -1.41. The maximum absolute atomic E-state index is 12.2. The number of ether oxygens (including phenoxy) is 1. The molecule has 0 aliphatic carbocycles.